The molecule has 1 N–H and O–H groups in total. The summed E-state index contributed by atoms with van der Waals surface area (Å²) in [4.78, 5) is 0. The molecule has 0 unspecified atom stereocenters. The minimum absolute atomic E-state index is 0.0831. The van der Waals surface area contributed by atoms with E-state index in [4.69, 9.17) is 5.11 Å². The first-order chi connectivity index (χ1) is 4.72. The van der Waals surface area contributed by atoms with Crippen molar-refractivity contribution in [1.82, 2.24) is 0 Å². The van der Waals surface area contributed by atoms with Gasteiger partial charge in [-0.15, -0.1) is 6.58 Å². The molecule has 0 aliphatic carbocycles. The van der Waals surface area contributed by atoms with Crippen LogP contribution in [0, 0.1) is 0 Å². The summed E-state index contributed by atoms with van der Waals surface area (Å²) in [5.74, 6) is 0.0831. The van der Waals surface area contributed by atoms with Gasteiger partial charge in [0.25, 0.3) is 0 Å². The van der Waals surface area contributed by atoms with Crippen molar-refractivity contribution in [2.45, 2.75) is 6.42 Å². The number of aliphatic hydroxyl groups is 1. The lowest BCUT2D eigenvalue weighted by atomic mass is 10.1. The summed E-state index contributed by atoms with van der Waals surface area (Å²) in [5, 5.41) is 8.92. The van der Waals surface area contributed by atoms with Crippen molar-refractivity contribution in [3.8, 4) is 0 Å². The van der Waals surface area contributed by atoms with Crippen LogP contribution in [-0.4, -0.2) is 5.11 Å². The van der Waals surface area contributed by atoms with Gasteiger partial charge in [0.05, 0.1) is 0 Å². The van der Waals surface area contributed by atoms with E-state index in [0.29, 0.717) is 6.42 Å². The molecular weight excluding hydrogens is 124 g/mol. The number of hydrogen-bond donors (Lipinski definition) is 1. The number of hydrogen-bond acceptors (Lipinski definition) is 1. The molecule has 1 heteroatoms. The molecule has 0 aliphatic heterocycles. The highest BCUT2D eigenvalue weighted by Gasteiger charge is 1.94. The molecular formula is C9H12O. The third kappa shape index (κ3) is 2.92. The van der Waals surface area contributed by atoms with Crippen molar-refractivity contribution >= 4 is 0 Å². The Hall–Kier alpha value is -1.24. The van der Waals surface area contributed by atoms with Crippen LogP contribution in [0.1, 0.15) is 6.42 Å². The Kier molecular flexibility index (Phi) is 4.05. The quantitative estimate of drug-likeness (QED) is 0.358. The first-order valence-corrected chi connectivity index (χ1v) is 3.03. The second-order valence-corrected chi connectivity index (χ2v) is 1.87. The maximum absolute atomic E-state index is 8.92. The molecule has 54 valence electrons. The summed E-state index contributed by atoms with van der Waals surface area (Å²) in [6, 6.07) is 0. The van der Waals surface area contributed by atoms with E-state index in [9.17, 15) is 0 Å². The first kappa shape index (κ1) is 8.76. The predicted molar refractivity (Wildman–Crippen MR) is 44.9 cm³/mol. The highest BCUT2D eigenvalue weighted by atomic mass is 16.3. The molecule has 0 aromatic heterocycles. The standard InChI is InChI=1S/C9H12O/c1-4-6-9(7-5-2)8(3)10/h4-6,10H,1-3,7H2/b9-6-. The van der Waals surface area contributed by atoms with Gasteiger partial charge < -0.3 is 5.11 Å². The first-order valence-electron chi connectivity index (χ1n) is 3.03. The zero-order valence-corrected chi connectivity index (χ0v) is 6.01. The van der Waals surface area contributed by atoms with Gasteiger partial charge in [0.15, 0.2) is 0 Å². The third-order valence-corrected chi connectivity index (χ3v) is 1.05. The number of rotatable bonds is 4. The van der Waals surface area contributed by atoms with E-state index in [2.05, 4.69) is 19.7 Å². The molecule has 0 aromatic carbocycles. The Morgan fingerprint density at radius 1 is 1.40 bits per heavy atom. The van der Waals surface area contributed by atoms with Crippen molar-refractivity contribution < 1.29 is 5.11 Å². The Morgan fingerprint density at radius 3 is 2.30 bits per heavy atom. The summed E-state index contributed by atoms with van der Waals surface area (Å²) in [6.07, 6.45) is 5.66. The highest BCUT2D eigenvalue weighted by molar-refractivity contribution is 5.27. The van der Waals surface area contributed by atoms with Crippen molar-refractivity contribution in [3.05, 3.63) is 49.3 Å². The highest BCUT2D eigenvalue weighted by Crippen LogP contribution is 2.09. The molecule has 0 radical (unpaired) electrons. The molecule has 0 amide bonds. The SMILES string of the molecule is C=C/C=C(/CC=C)C(=C)O. The van der Waals surface area contributed by atoms with Crippen LogP contribution >= 0.6 is 0 Å². The van der Waals surface area contributed by atoms with E-state index in [1.807, 2.05) is 0 Å². The van der Waals surface area contributed by atoms with Crippen LogP contribution in [0.5, 0.6) is 0 Å². The van der Waals surface area contributed by atoms with Crippen molar-refractivity contribution in [1.29, 1.82) is 0 Å². The van der Waals surface area contributed by atoms with E-state index >= 15 is 0 Å². The van der Waals surface area contributed by atoms with Crippen molar-refractivity contribution in [2.24, 2.45) is 0 Å². The Balaban J connectivity index is 4.24. The van der Waals surface area contributed by atoms with Gasteiger partial charge in [0, 0.05) is 0 Å². The fourth-order valence-corrected chi connectivity index (χ4v) is 0.580. The summed E-state index contributed by atoms with van der Waals surface area (Å²) in [7, 11) is 0. The topological polar surface area (TPSA) is 20.2 Å². The van der Waals surface area contributed by atoms with Crippen LogP contribution < -0.4 is 0 Å². The van der Waals surface area contributed by atoms with Crippen LogP contribution in [-0.2, 0) is 0 Å². The van der Waals surface area contributed by atoms with Crippen LogP contribution in [0.3, 0.4) is 0 Å². The van der Waals surface area contributed by atoms with Gasteiger partial charge in [-0.2, -0.15) is 0 Å². The average molecular weight is 136 g/mol. The lowest BCUT2D eigenvalue weighted by molar-refractivity contribution is 0.424. The van der Waals surface area contributed by atoms with Crippen LogP contribution in [0.2, 0.25) is 0 Å². The molecule has 1 nitrogen and oxygen atoms in total. The van der Waals surface area contributed by atoms with Crippen molar-refractivity contribution in [2.75, 3.05) is 0 Å². The van der Waals surface area contributed by atoms with Gasteiger partial charge in [0.1, 0.15) is 5.76 Å². The van der Waals surface area contributed by atoms with E-state index in [-0.39, 0.29) is 5.76 Å². The minimum Gasteiger partial charge on any atom is -0.508 e. The predicted octanol–water partition coefficient (Wildman–Crippen LogP) is 2.75. The monoisotopic (exact) mass is 136 g/mol. The largest absolute Gasteiger partial charge is 0.508 e. The molecule has 0 fully saturated rings. The smallest absolute Gasteiger partial charge is 0.111 e. The summed E-state index contributed by atoms with van der Waals surface area (Å²) in [6.45, 7) is 10.4. The fourth-order valence-electron chi connectivity index (χ4n) is 0.580. The molecule has 0 spiro atoms. The van der Waals surface area contributed by atoms with Gasteiger partial charge in [0.2, 0.25) is 0 Å². The summed E-state index contributed by atoms with van der Waals surface area (Å²) >= 11 is 0. The molecule has 0 atom stereocenters. The van der Waals surface area contributed by atoms with Gasteiger partial charge in [-0.1, -0.05) is 31.4 Å². The molecule has 10 heavy (non-hydrogen) atoms. The van der Waals surface area contributed by atoms with Crippen LogP contribution in [0.25, 0.3) is 0 Å². The van der Waals surface area contributed by atoms with Gasteiger partial charge in [-0.3, -0.25) is 0 Å². The van der Waals surface area contributed by atoms with E-state index in [1.54, 1.807) is 18.2 Å². The van der Waals surface area contributed by atoms with Crippen LogP contribution in [0.4, 0.5) is 0 Å². The third-order valence-electron chi connectivity index (χ3n) is 1.05. The zero-order valence-electron chi connectivity index (χ0n) is 6.01. The van der Waals surface area contributed by atoms with Gasteiger partial charge >= 0.3 is 0 Å². The van der Waals surface area contributed by atoms with E-state index < -0.39 is 0 Å². The Morgan fingerprint density at radius 2 is 2.00 bits per heavy atom. The molecule has 0 aromatic rings. The van der Waals surface area contributed by atoms with E-state index in [1.165, 1.54) is 0 Å². The molecule has 0 heterocycles. The second kappa shape index (κ2) is 4.62. The average Bonchev–Trinajstić information content (AvgIpc) is 1.87. The van der Waals surface area contributed by atoms with Gasteiger partial charge in [-0.05, 0) is 12.0 Å². The zero-order chi connectivity index (χ0) is 7.98. The Bertz CT molecular complexity index is 175. The lowest BCUT2D eigenvalue weighted by Crippen LogP contribution is -1.83. The second-order valence-electron chi connectivity index (χ2n) is 1.87. The summed E-state index contributed by atoms with van der Waals surface area (Å²) in [5.41, 5.74) is 0.755. The van der Waals surface area contributed by atoms with E-state index in [0.717, 1.165) is 5.57 Å². The van der Waals surface area contributed by atoms with Gasteiger partial charge in [-0.25, -0.2) is 0 Å². The fraction of sp³-hybridized carbons (Fsp3) is 0.111. The molecule has 0 bridgehead atoms. The molecule has 0 aliphatic rings. The van der Waals surface area contributed by atoms with Crippen LogP contribution in [0.15, 0.2) is 49.3 Å². The molecule has 0 rings (SSSR count). The lowest BCUT2D eigenvalue weighted by Gasteiger charge is -1.98. The maximum Gasteiger partial charge on any atom is 0.111 e. The number of aliphatic hydroxyl groups excluding tert-OH is 1. The minimum atomic E-state index is 0.0831. The maximum atomic E-state index is 8.92. The Labute approximate surface area is 61.7 Å². The summed E-state index contributed by atoms with van der Waals surface area (Å²) < 4.78 is 0. The molecule has 0 saturated carbocycles. The number of allylic oxidation sites excluding steroid dienone is 4. The van der Waals surface area contributed by atoms with Crippen molar-refractivity contribution in [3.63, 3.8) is 0 Å². The normalized spacial score (nSPS) is 10.6. The molecule has 0 saturated heterocycles.